The van der Waals surface area contributed by atoms with Crippen molar-refractivity contribution in [3.63, 3.8) is 0 Å². The Morgan fingerprint density at radius 1 is 0.412 bits per heavy atom. The first-order valence-electron chi connectivity index (χ1n) is 2.00. The minimum atomic E-state index is -5.75. The van der Waals surface area contributed by atoms with E-state index in [9.17, 15) is 0 Å². The van der Waals surface area contributed by atoms with Crippen LogP contribution >= 0.6 is 19.8 Å². The average molecular weight is 416 g/mol. The first-order chi connectivity index (χ1) is 6.00. The van der Waals surface area contributed by atoms with Crippen molar-refractivity contribution in [2.45, 2.75) is 0 Å². The van der Waals surface area contributed by atoms with Gasteiger partial charge in [0.15, 0.2) is 0 Å². The summed E-state index contributed by atoms with van der Waals surface area (Å²) < 4.78 is 103. The number of rotatable bonds is 0. The third-order valence-electron chi connectivity index (χ3n) is 0. The molecule has 12 nitrogen and oxygen atoms in total. The Labute approximate surface area is 108 Å². The van der Waals surface area contributed by atoms with Gasteiger partial charge in [-0.3, -0.25) is 0 Å². The molecule has 17 heteroatoms. The summed E-state index contributed by atoms with van der Waals surface area (Å²) in [5, 5.41) is 0. The van der Waals surface area contributed by atoms with Crippen molar-refractivity contribution in [1.82, 2.24) is 0 Å². The largest absolute Gasteiger partial charge is 0.378 e. The van der Waals surface area contributed by atoms with Gasteiger partial charge in [-0.25, -0.2) is 0 Å². The molecule has 2 atom stereocenters. The Hall–Kier alpha value is 1.02. The Bertz CT molecular complexity index is 341. The predicted molar refractivity (Wildman–Crippen MR) is 26.3 cm³/mol. The van der Waals surface area contributed by atoms with E-state index in [0.717, 1.165) is 0 Å². The topological polar surface area (TPSA) is 241 Å². The third kappa shape index (κ3) is 3710. The van der Waals surface area contributed by atoms with E-state index in [1.807, 2.05) is 0 Å². The van der Waals surface area contributed by atoms with Crippen molar-refractivity contribution >= 4 is 19.8 Å². The summed E-state index contributed by atoms with van der Waals surface area (Å²) in [4.78, 5) is 0. The van der Waals surface area contributed by atoms with Gasteiger partial charge in [0.25, 0.3) is 0 Å². The summed E-state index contributed by atoms with van der Waals surface area (Å²) in [5.41, 5.74) is 0. The van der Waals surface area contributed by atoms with Gasteiger partial charge in [0.1, 0.15) is 0 Å². The molecule has 0 aromatic rings. The van der Waals surface area contributed by atoms with E-state index >= 15 is 0 Å². The maximum Gasteiger partial charge on any atom is 0.378 e. The molecule has 2 unspecified atom stereocenters. The van der Waals surface area contributed by atoms with Crippen molar-refractivity contribution < 1.29 is 88.6 Å². The second kappa shape index (κ2) is 12.1. The molecule has 0 N–H and O–H groups in total. The molecule has 0 spiro atoms. The zero-order valence-corrected chi connectivity index (χ0v) is 14.2. The first-order valence-corrected chi connectivity index (χ1v) is 8.25. The van der Waals surface area contributed by atoms with Gasteiger partial charge < -0.3 is 0 Å². The monoisotopic (exact) mass is 416 g/mol. The van der Waals surface area contributed by atoms with Gasteiger partial charge in [0.05, 0.1) is 0 Å². The van der Waals surface area contributed by atoms with Gasteiger partial charge in [-0.15, -0.1) is 0 Å². The van der Waals surface area contributed by atoms with Crippen LogP contribution in [0.2, 0.25) is 0 Å². The van der Waals surface area contributed by atoms with Gasteiger partial charge in [-0.05, 0) is 0 Å². The van der Waals surface area contributed by atoms with Crippen LogP contribution in [-0.4, -0.2) is 0 Å². The van der Waals surface area contributed by atoms with Crippen LogP contribution in [0.15, 0.2) is 0 Å². The molecule has 106 valence electrons. The van der Waals surface area contributed by atoms with Crippen molar-refractivity contribution in [3.8, 4) is 0 Å². The summed E-state index contributed by atoms with van der Waals surface area (Å²) in [6, 6.07) is 0. The summed E-state index contributed by atoms with van der Waals surface area (Å²) >= 11 is -17.2. The maximum absolute atomic E-state index is 8.59. The van der Waals surface area contributed by atoms with Crippen molar-refractivity contribution in [1.29, 1.82) is 0 Å². The predicted octanol–water partition coefficient (Wildman–Crippen LogP) is -7.74. The van der Waals surface area contributed by atoms with E-state index in [-0.39, 0.29) is 19.8 Å². The standard InChI is InChI=1S/3Cr.12O.2H3P/h;;;;;;;;;;;;;;;2*1H3/q;;;;;;;;;6*-1;2*+3. The molecule has 0 aromatic carbocycles. The summed E-state index contributed by atoms with van der Waals surface area (Å²) in [7, 11) is 0. The van der Waals surface area contributed by atoms with Gasteiger partial charge >= 0.3 is 108 Å². The SMILES string of the molecule is [O]=[Cr](=[O])([O-])[O-].[O]=[Cr](=[O])([O-])[O-].[O]=[Cr](=[O])([O-])[O-].[PH3+3].[PH3+3]. The van der Waals surface area contributed by atoms with Gasteiger partial charge in [0.2, 0.25) is 0 Å². The molecule has 0 saturated carbocycles. The molecule has 0 bridgehead atoms. The van der Waals surface area contributed by atoms with Gasteiger partial charge in [0, 0.05) is 0 Å². The van der Waals surface area contributed by atoms with Crippen molar-refractivity contribution in [3.05, 3.63) is 0 Å². The average Bonchev–Trinajstić information content (AvgIpc) is 1.41. The Kier molecular flexibility index (Phi) is 21.9. The fourth-order valence-electron chi connectivity index (χ4n) is 0. The van der Waals surface area contributed by atoms with Gasteiger partial charge in [-0.2, -0.15) is 0 Å². The Morgan fingerprint density at radius 2 is 0.412 bits per heavy atom. The van der Waals surface area contributed by atoms with E-state index in [0.29, 0.717) is 0 Å². The van der Waals surface area contributed by atoms with Crippen LogP contribution in [0.25, 0.3) is 0 Å². The van der Waals surface area contributed by atoms with E-state index in [1.54, 1.807) is 0 Å². The second-order valence-electron chi connectivity index (χ2n) is 1.22. The molecule has 0 aromatic heterocycles. The quantitative estimate of drug-likeness (QED) is 0.334. The van der Waals surface area contributed by atoms with Gasteiger partial charge in [-0.1, -0.05) is 0 Å². The molecule has 0 aliphatic rings. The van der Waals surface area contributed by atoms with E-state index in [4.69, 9.17) is 47.8 Å². The second-order valence-corrected chi connectivity index (χ2v) is 5.05. The molecule has 0 heterocycles. The molecule has 0 rings (SSSR count). The smallest absolute Gasteiger partial charge is 0.378 e. The van der Waals surface area contributed by atoms with Crippen LogP contribution in [-0.2, 0) is 63.7 Å². The first kappa shape index (κ1) is 30.8. The third-order valence-corrected chi connectivity index (χ3v) is 0. The molecular formula is H6Cr3O12P2. The maximum atomic E-state index is 8.59. The molecule has 17 heavy (non-hydrogen) atoms. The minimum Gasteiger partial charge on any atom is 0.378 e. The normalized spacial score (nSPS) is 10.2. The van der Waals surface area contributed by atoms with Crippen LogP contribution in [0.3, 0.4) is 0 Å². The number of hydrogen-bond acceptors (Lipinski definition) is 12. The Morgan fingerprint density at radius 3 is 0.412 bits per heavy atom. The number of hydrogen-bond donors (Lipinski definition) is 0. The molecule has 0 fully saturated rings. The van der Waals surface area contributed by atoms with E-state index < -0.39 is 40.8 Å². The van der Waals surface area contributed by atoms with Crippen LogP contribution in [0.1, 0.15) is 0 Å². The fourth-order valence-corrected chi connectivity index (χ4v) is 0. The summed E-state index contributed by atoms with van der Waals surface area (Å²) in [5.74, 6) is 0. The van der Waals surface area contributed by atoms with Crippen molar-refractivity contribution in [2.24, 2.45) is 0 Å². The molecule has 0 amide bonds. The molecule has 0 aliphatic carbocycles. The molecule has 0 saturated heterocycles. The zero-order valence-electron chi connectivity index (χ0n) is 7.54. The van der Waals surface area contributed by atoms with E-state index in [1.165, 1.54) is 0 Å². The van der Waals surface area contributed by atoms with Crippen LogP contribution in [0.4, 0.5) is 0 Å². The minimum absolute atomic E-state index is 0. The van der Waals surface area contributed by atoms with Crippen LogP contribution < -0.4 is 24.9 Å². The van der Waals surface area contributed by atoms with Crippen molar-refractivity contribution in [2.75, 3.05) is 0 Å². The molecular weight excluding hydrogens is 410 g/mol. The van der Waals surface area contributed by atoms with E-state index in [2.05, 4.69) is 0 Å². The molecule has 0 aliphatic heterocycles. The summed E-state index contributed by atoms with van der Waals surface area (Å²) in [6.07, 6.45) is 0. The fraction of sp³-hybridized carbons (Fsp3) is 0. The zero-order chi connectivity index (χ0) is 13.5. The Balaban J connectivity index is -0.0000000400. The van der Waals surface area contributed by atoms with Crippen LogP contribution in [0, 0.1) is 0 Å². The summed E-state index contributed by atoms with van der Waals surface area (Å²) in [6.45, 7) is 0. The van der Waals surface area contributed by atoms with Crippen LogP contribution in [0.5, 0.6) is 0 Å². The molecule has 6 radical (unpaired) electrons.